The first-order valence-electron chi connectivity index (χ1n) is 7.57. The molecule has 1 saturated heterocycles. The largest absolute Gasteiger partial charge is 0.339 e. The number of amides is 2. The minimum absolute atomic E-state index is 0.0100. The minimum Gasteiger partial charge on any atom is -0.339 e. The fourth-order valence-electron chi connectivity index (χ4n) is 2.79. The number of carbonyl (C=O) groups excluding carboxylic acids is 2. The number of hydrogen-bond donors (Lipinski definition) is 0. The van der Waals surface area contributed by atoms with Gasteiger partial charge in [0, 0.05) is 37.2 Å². The average molecular weight is 288 g/mol. The van der Waals surface area contributed by atoms with Crippen LogP contribution in [0.2, 0.25) is 0 Å². The van der Waals surface area contributed by atoms with Crippen LogP contribution in [0.25, 0.3) is 0 Å². The summed E-state index contributed by atoms with van der Waals surface area (Å²) < 4.78 is 0. The lowest BCUT2D eigenvalue weighted by atomic mass is 10.0. The van der Waals surface area contributed by atoms with Crippen molar-refractivity contribution in [3.63, 3.8) is 0 Å². The van der Waals surface area contributed by atoms with E-state index in [1.54, 1.807) is 0 Å². The summed E-state index contributed by atoms with van der Waals surface area (Å²) in [6, 6.07) is 7.71. The molecule has 1 aromatic carbocycles. The van der Waals surface area contributed by atoms with Crippen molar-refractivity contribution in [2.75, 3.05) is 19.6 Å². The Morgan fingerprint density at radius 1 is 1.19 bits per heavy atom. The Morgan fingerprint density at radius 2 is 1.86 bits per heavy atom. The van der Waals surface area contributed by atoms with Crippen LogP contribution in [0.3, 0.4) is 0 Å². The highest BCUT2D eigenvalue weighted by atomic mass is 16.2. The van der Waals surface area contributed by atoms with E-state index in [0.29, 0.717) is 19.6 Å². The van der Waals surface area contributed by atoms with Crippen LogP contribution < -0.4 is 0 Å². The van der Waals surface area contributed by atoms with E-state index in [2.05, 4.69) is 0 Å². The highest BCUT2D eigenvalue weighted by Crippen LogP contribution is 2.17. The standard InChI is InChI=1S/C17H24N2O2/c1-12(2)16(20)18-9-10-19(14(4)11-18)17(21)15-8-6-5-7-13(15)3/h5-8,12,14H,9-11H2,1-4H3. The smallest absolute Gasteiger partial charge is 0.254 e. The summed E-state index contributed by atoms with van der Waals surface area (Å²) in [5.41, 5.74) is 1.75. The molecule has 1 aliphatic rings. The Balaban J connectivity index is 2.09. The van der Waals surface area contributed by atoms with E-state index in [0.717, 1.165) is 11.1 Å². The van der Waals surface area contributed by atoms with Crippen molar-refractivity contribution in [1.29, 1.82) is 0 Å². The second-order valence-electron chi connectivity index (χ2n) is 6.10. The Morgan fingerprint density at radius 3 is 2.43 bits per heavy atom. The molecule has 0 aliphatic carbocycles. The van der Waals surface area contributed by atoms with E-state index in [-0.39, 0.29) is 23.8 Å². The third-order valence-corrected chi connectivity index (χ3v) is 4.07. The van der Waals surface area contributed by atoms with Gasteiger partial charge < -0.3 is 9.80 Å². The Bertz CT molecular complexity index is 539. The lowest BCUT2D eigenvalue weighted by Gasteiger charge is -2.40. The molecule has 21 heavy (non-hydrogen) atoms. The first kappa shape index (κ1) is 15.5. The minimum atomic E-state index is 0.0100. The number of piperazine rings is 1. The number of benzene rings is 1. The van der Waals surface area contributed by atoms with Crippen molar-refractivity contribution in [2.45, 2.75) is 33.7 Å². The lowest BCUT2D eigenvalue weighted by molar-refractivity contribution is -0.136. The van der Waals surface area contributed by atoms with Crippen molar-refractivity contribution in [3.05, 3.63) is 35.4 Å². The van der Waals surface area contributed by atoms with Gasteiger partial charge in [0.15, 0.2) is 0 Å². The Labute approximate surface area is 126 Å². The van der Waals surface area contributed by atoms with Crippen LogP contribution in [0, 0.1) is 12.8 Å². The average Bonchev–Trinajstić information content (AvgIpc) is 2.46. The maximum absolute atomic E-state index is 12.7. The monoisotopic (exact) mass is 288 g/mol. The van der Waals surface area contributed by atoms with Gasteiger partial charge in [0.25, 0.3) is 5.91 Å². The molecule has 1 heterocycles. The van der Waals surface area contributed by atoms with Crippen molar-refractivity contribution < 1.29 is 9.59 Å². The predicted octanol–water partition coefficient (Wildman–Crippen LogP) is 2.32. The normalized spacial score (nSPS) is 19.0. The van der Waals surface area contributed by atoms with Gasteiger partial charge in [-0.3, -0.25) is 9.59 Å². The van der Waals surface area contributed by atoms with Crippen LogP contribution in [0.15, 0.2) is 24.3 Å². The topological polar surface area (TPSA) is 40.6 Å². The number of rotatable bonds is 2. The van der Waals surface area contributed by atoms with E-state index in [1.807, 2.05) is 61.8 Å². The van der Waals surface area contributed by atoms with E-state index in [1.165, 1.54) is 0 Å². The molecule has 1 aliphatic heterocycles. The molecule has 0 saturated carbocycles. The van der Waals surface area contributed by atoms with Crippen molar-refractivity contribution >= 4 is 11.8 Å². The number of nitrogens with zero attached hydrogens (tertiary/aromatic N) is 2. The van der Waals surface area contributed by atoms with E-state index >= 15 is 0 Å². The second-order valence-corrected chi connectivity index (χ2v) is 6.10. The lowest BCUT2D eigenvalue weighted by Crippen LogP contribution is -2.56. The highest BCUT2D eigenvalue weighted by molar-refractivity contribution is 5.96. The fourth-order valence-corrected chi connectivity index (χ4v) is 2.79. The number of hydrogen-bond acceptors (Lipinski definition) is 2. The first-order valence-corrected chi connectivity index (χ1v) is 7.57. The van der Waals surface area contributed by atoms with Gasteiger partial charge in [-0.1, -0.05) is 32.0 Å². The zero-order chi connectivity index (χ0) is 15.6. The molecule has 1 atom stereocenters. The Hall–Kier alpha value is -1.84. The highest BCUT2D eigenvalue weighted by Gasteiger charge is 2.31. The fraction of sp³-hybridized carbons (Fsp3) is 0.529. The van der Waals surface area contributed by atoms with E-state index < -0.39 is 0 Å². The molecule has 1 unspecified atom stereocenters. The SMILES string of the molecule is Cc1ccccc1C(=O)N1CCN(C(=O)C(C)C)CC1C. The zero-order valence-corrected chi connectivity index (χ0v) is 13.3. The number of aryl methyl sites for hydroxylation is 1. The van der Waals surface area contributed by atoms with Gasteiger partial charge >= 0.3 is 0 Å². The third-order valence-electron chi connectivity index (χ3n) is 4.07. The molecule has 114 valence electrons. The van der Waals surface area contributed by atoms with Crippen molar-refractivity contribution in [3.8, 4) is 0 Å². The molecule has 2 rings (SSSR count). The summed E-state index contributed by atoms with van der Waals surface area (Å²) in [5, 5.41) is 0. The van der Waals surface area contributed by atoms with Crippen LogP contribution in [0.4, 0.5) is 0 Å². The summed E-state index contributed by atoms with van der Waals surface area (Å²) >= 11 is 0. The van der Waals surface area contributed by atoms with Gasteiger partial charge in [-0.2, -0.15) is 0 Å². The molecule has 4 heteroatoms. The summed E-state index contributed by atoms with van der Waals surface area (Å²) in [5.74, 6) is 0.248. The molecule has 0 aromatic heterocycles. The molecule has 2 amide bonds. The summed E-state index contributed by atoms with van der Waals surface area (Å²) in [6.45, 7) is 9.64. The summed E-state index contributed by atoms with van der Waals surface area (Å²) in [6.07, 6.45) is 0. The van der Waals surface area contributed by atoms with Crippen LogP contribution in [0.5, 0.6) is 0 Å². The molecule has 1 fully saturated rings. The van der Waals surface area contributed by atoms with Crippen molar-refractivity contribution in [1.82, 2.24) is 9.80 Å². The van der Waals surface area contributed by atoms with Gasteiger partial charge in [0.05, 0.1) is 0 Å². The van der Waals surface area contributed by atoms with Crippen LogP contribution in [-0.2, 0) is 4.79 Å². The van der Waals surface area contributed by atoms with Gasteiger partial charge in [0.2, 0.25) is 5.91 Å². The zero-order valence-electron chi connectivity index (χ0n) is 13.3. The Kier molecular flexibility index (Phi) is 4.66. The van der Waals surface area contributed by atoms with Crippen molar-refractivity contribution in [2.24, 2.45) is 5.92 Å². The van der Waals surface area contributed by atoms with Gasteiger partial charge in [-0.25, -0.2) is 0 Å². The summed E-state index contributed by atoms with van der Waals surface area (Å²) in [7, 11) is 0. The molecule has 0 bridgehead atoms. The van der Waals surface area contributed by atoms with Gasteiger partial charge in [0.1, 0.15) is 0 Å². The van der Waals surface area contributed by atoms with Crippen LogP contribution in [0.1, 0.15) is 36.7 Å². The molecular formula is C17H24N2O2. The van der Waals surface area contributed by atoms with Crippen LogP contribution in [-0.4, -0.2) is 47.3 Å². The maximum Gasteiger partial charge on any atom is 0.254 e. The van der Waals surface area contributed by atoms with Gasteiger partial charge in [-0.05, 0) is 25.5 Å². The van der Waals surface area contributed by atoms with E-state index in [4.69, 9.17) is 0 Å². The molecule has 0 N–H and O–H groups in total. The summed E-state index contributed by atoms with van der Waals surface area (Å²) in [4.78, 5) is 28.5. The quantitative estimate of drug-likeness (QED) is 0.838. The molecule has 4 nitrogen and oxygen atoms in total. The molecule has 0 radical (unpaired) electrons. The second kappa shape index (κ2) is 6.29. The molecular weight excluding hydrogens is 264 g/mol. The number of carbonyl (C=O) groups is 2. The van der Waals surface area contributed by atoms with E-state index in [9.17, 15) is 9.59 Å². The molecule has 0 spiro atoms. The third kappa shape index (κ3) is 3.26. The maximum atomic E-state index is 12.7. The predicted molar refractivity (Wildman–Crippen MR) is 83.1 cm³/mol. The molecule has 1 aromatic rings. The van der Waals surface area contributed by atoms with Gasteiger partial charge in [-0.15, -0.1) is 0 Å². The first-order chi connectivity index (χ1) is 9.91. The van der Waals surface area contributed by atoms with Crippen LogP contribution >= 0.6 is 0 Å².